The molecular formula is C23H28N6O2. The fourth-order valence-electron chi connectivity index (χ4n) is 3.90. The van der Waals surface area contributed by atoms with E-state index in [0.717, 1.165) is 30.7 Å². The Morgan fingerprint density at radius 1 is 1.06 bits per heavy atom. The van der Waals surface area contributed by atoms with Crippen LogP contribution in [0.25, 0.3) is 11.0 Å². The van der Waals surface area contributed by atoms with Crippen molar-refractivity contribution in [3.05, 3.63) is 35.8 Å². The second-order valence-electron chi connectivity index (χ2n) is 8.66. The number of benzene rings is 1. The molecule has 4 rings (SSSR count). The first-order chi connectivity index (χ1) is 14.8. The molecule has 0 spiro atoms. The Kier molecular flexibility index (Phi) is 5.46. The maximum absolute atomic E-state index is 6.20. The van der Waals surface area contributed by atoms with Crippen LogP contribution >= 0.6 is 0 Å². The molecule has 0 unspecified atom stereocenters. The SMILES string of the molecule is COc1cc(C#Cc2nn([C@H]3CCN(C(C)(C)C)C3)c3ncnc(N)c23)cc(OC)c1. The minimum Gasteiger partial charge on any atom is -0.497 e. The zero-order chi connectivity index (χ0) is 22.2. The van der Waals surface area contributed by atoms with E-state index in [1.807, 2.05) is 22.9 Å². The summed E-state index contributed by atoms with van der Waals surface area (Å²) in [5.74, 6) is 8.06. The molecule has 8 heteroatoms. The molecule has 0 aliphatic carbocycles. The Labute approximate surface area is 182 Å². The van der Waals surface area contributed by atoms with E-state index >= 15 is 0 Å². The third-order valence-electron chi connectivity index (χ3n) is 5.65. The Bertz CT molecular complexity index is 1150. The molecule has 3 heterocycles. The van der Waals surface area contributed by atoms with Gasteiger partial charge in [-0.05, 0) is 45.2 Å². The Morgan fingerprint density at radius 3 is 2.39 bits per heavy atom. The molecule has 1 saturated heterocycles. The average Bonchev–Trinajstić information content (AvgIpc) is 3.37. The summed E-state index contributed by atoms with van der Waals surface area (Å²) < 4.78 is 12.6. The zero-order valence-electron chi connectivity index (χ0n) is 18.6. The summed E-state index contributed by atoms with van der Waals surface area (Å²) in [6.07, 6.45) is 2.48. The van der Waals surface area contributed by atoms with Crippen LogP contribution in [0.15, 0.2) is 24.5 Å². The van der Waals surface area contributed by atoms with Gasteiger partial charge in [0.1, 0.15) is 29.3 Å². The predicted octanol–water partition coefficient (Wildman–Crippen LogP) is 2.87. The van der Waals surface area contributed by atoms with E-state index < -0.39 is 0 Å². The molecule has 0 amide bonds. The molecule has 31 heavy (non-hydrogen) atoms. The van der Waals surface area contributed by atoms with Gasteiger partial charge in [0.2, 0.25) is 0 Å². The van der Waals surface area contributed by atoms with E-state index in [9.17, 15) is 0 Å². The summed E-state index contributed by atoms with van der Waals surface area (Å²) in [6.45, 7) is 8.62. The van der Waals surface area contributed by atoms with Gasteiger partial charge in [-0.15, -0.1) is 0 Å². The summed E-state index contributed by atoms with van der Waals surface area (Å²) in [5, 5.41) is 5.51. The molecule has 1 aliphatic heterocycles. The highest BCUT2D eigenvalue weighted by molar-refractivity contribution is 5.90. The van der Waals surface area contributed by atoms with Crippen molar-refractivity contribution in [2.75, 3.05) is 33.0 Å². The van der Waals surface area contributed by atoms with E-state index in [1.165, 1.54) is 6.33 Å². The number of nitrogens with zero attached hydrogens (tertiary/aromatic N) is 5. The van der Waals surface area contributed by atoms with Crippen molar-refractivity contribution in [1.82, 2.24) is 24.6 Å². The Morgan fingerprint density at radius 2 is 1.77 bits per heavy atom. The maximum atomic E-state index is 6.20. The molecule has 0 bridgehead atoms. The Balaban J connectivity index is 1.75. The molecule has 2 aromatic heterocycles. The van der Waals surface area contributed by atoms with Gasteiger partial charge < -0.3 is 15.2 Å². The van der Waals surface area contributed by atoms with Crippen LogP contribution in [0, 0.1) is 11.8 Å². The summed E-state index contributed by atoms with van der Waals surface area (Å²) in [7, 11) is 3.23. The van der Waals surface area contributed by atoms with Crippen LogP contribution in [0.2, 0.25) is 0 Å². The lowest BCUT2D eigenvalue weighted by Crippen LogP contribution is -2.39. The quantitative estimate of drug-likeness (QED) is 0.652. The number of fused-ring (bicyclic) bond motifs is 1. The largest absolute Gasteiger partial charge is 0.497 e. The molecule has 3 aromatic rings. The van der Waals surface area contributed by atoms with Gasteiger partial charge in [-0.1, -0.05) is 5.92 Å². The maximum Gasteiger partial charge on any atom is 0.164 e. The summed E-state index contributed by atoms with van der Waals surface area (Å²) >= 11 is 0. The van der Waals surface area contributed by atoms with Crippen molar-refractivity contribution in [1.29, 1.82) is 0 Å². The predicted molar refractivity (Wildman–Crippen MR) is 120 cm³/mol. The monoisotopic (exact) mass is 420 g/mol. The molecule has 162 valence electrons. The summed E-state index contributed by atoms with van der Waals surface area (Å²) in [5.41, 5.74) is 8.37. The van der Waals surface area contributed by atoms with E-state index in [2.05, 4.69) is 47.5 Å². The molecule has 8 nitrogen and oxygen atoms in total. The number of rotatable bonds is 3. The number of hydrogen-bond acceptors (Lipinski definition) is 7. The first-order valence-electron chi connectivity index (χ1n) is 10.3. The lowest BCUT2D eigenvalue weighted by atomic mass is 10.1. The topological polar surface area (TPSA) is 91.3 Å². The number of nitrogens with two attached hydrogens (primary N) is 1. The van der Waals surface area contributed by atoms with Gasteiger partial charge in [0.15, 0.2) is 5.65 Å². The molecule has 2 N–H and O–H groups in total. The van der Waals surface area contributed by atoms with Crippen LogP contribution in [0.5, 0.6) is 11.5 Å². The average molecular weight is 421 g/mol. The first-order valence-corrected chi connectivity index (χ1v) is 10.3. The number of likely N-dealkylation sites (tertiary alicyclic amines) is 1. The van der Waals surface area contributed by atoms with Gasteiger partial charge in [0, 0.05) is 30.3 Å². The van der Waals surface area contributed by atoms with E-state index in [4.69, 9.17) is 20.3 Å². The van der Waals surface area contributed by atoms with Crippen molar-refractivity contribution in [2.24, 2.45) is 0 Å². The zero-order valence-corrected chi connectivity index (χ0v) is 18.6. The number of methoxy groups -OCH3 is 2. The standard InChI is InChI=1S/C23H28N6O2/c1-23(2,3)28-9-8-16(13-28)29-22-20(21(24)25-14-26-22)19(27-29)7-6-15-10-17(30-4)12-18(11-15)31-5/h10-12,14,16H,8-9,13H2,1-5H3,(H2,24,25,26)/t16-/m0/s1. The van der Waals surface area contributed by atoms with Crippen LogP contribution in [-0.4, -0.2) is 57.5 Å². The van der Waals surface area contributed by atoms with Gasteiger partial charge in [-0.2, -0.15) is 5.10 Å². The molecule has 0 saturated carbocycles. The van der Waals surface area contributed by atoms with Gasteiger partial charge >= 0.3 is 0 Å². The second-order valence-corrected chi connectivity index (χ2v) is 8.66. The van der Waals surface area contributed by atoms with E-state index in [0.29, 0.717) is 28.4 Å². The number of aromatic nitrogens is 4. The normalized spacial score (nSPS) is 16.9. The van der Waals surface area contributed by atoms with Gasteiger partial charge in [-0.3, -0.25) is 4.90 Å². The molecule has 1 fully saturated rings. The Hall–Kier alpha value is -3.31. The third-order valence-corrected chi connectivity index (χ3v) is 5.65. The van der Waals surface area contributed by atoms with Crippen molar-refractivity contribution < 1.29 is 9.47 Å². The van der Waals surface area contributed by atoms with Crippen LogP contribution in [0.1, 0.15) is 44.5 Å². The number of nitrogen functional groups attached to an aromatic ring is 1. The highest BCUT2D eigenvalue weighted by Gasteiger charge is 2.33. The third kappa shape index (κ3) is 4.14. The summed E-state index contributed by atoms with van der Waals surface area (Å²) in [6, 6.07) is 5.73. The number of anilines is 1. The van der Waals surface area contributed by atoms with Gasteiger partial charge in [0.05, 0.1) is 25.6 Å². The molecular weight excluding hydrogens is 392 g/mol. The van der Waals surface area contributed by atoms with Crippen LogP contribution in [0.3, 0.4) is 0 Å². The fourth-order valence-corrected chi connectivity index (χ4v) is 3.90. The molecule has 0 radical (unpaired) electrons. The lowest BCUT2D eigenvalue weighted by molar-refractivity contribution is 0.168. The first kappa shape index (κ1) is 20.9. The van der Waals surface area contributed by atoms with Gasteiger partial charge in [-0.25, -0.2) is 14.6 Å². The number of hydrogen-bond donors (Lipinski definition) is 1. The van der Waals surface area contributed by atoms with Crippen molar-refractivity contribution in [3.63, 3.8) is 0 Å². The van der Waals surface area contributed by atoms with E-state index in [-0.39, 0.29) is 11.6 Å². The van der Waals surface area contributed by atoms with Crippen molar-refractivity contribution in [3.8, 4) is 23.3 Å². The fraction of sp³-hybridized carbons (Fsp3) is 0.435. The van der Waals surface area contributed by atoms with Crippen LogP contribution < -0.4 is 15.2 Å². The minimum atomic E-state index is 0.111. The van der Waals surface area contributed by atoms with Crippen molar-refractivity contribution >= 4 is 16.9 Å². The molecule has 1 atom stereocenters. The minimum absolute atomic E-state index is 0.111. The van der Waals surface area contributed by atoms with E-state index in [1.54, 1.807) is 14.2 Å². The van der Waals surface area contributed by atoms with Gasteiger partial charge in [0.25, 0.3) is 0 Å². The van der Waals surface area contributed by atoms with Crippen molar-refractivity contribution in [2.45, 2.75) is 38.8 Å². The molecule has 1 aromatic carbocycles. The second kappa shape index (κ2) is 8.08. The highest BCUT2D eigenvalue weighted by atomic mass is 16.5. The van der Waals surface area contributed by atoms with Crippen LogP contribution in [-0.2, 0) is 0 Å². The number of ether oxygens (including phenoxy) is 2. The summed E-state index contributed by atoms with van der Waals surface area (Å²) in [4.78, 5) is 11.1. The highest BCUT2D eigenvalue weighted by Crippen LogP contribution is 2.31. The van der Waals surface area contributed by atoms with Crippen LogP contribution in [0.4, 0.5) is 5.82 Å². The lowest BCUT2D eigenvalue weighted by Gasteiger charge is -2.31. The molecule has 1 aliphatic rings. The smallest absolute Gasteiger partial charge is 0.164 e.